The molecule has 4 rings (SSSR count). The van der Waals surface area contributed by atoms with Gasteiger partial charge >= 0.3 is 0 Å². The number of piperazine rings is 1. The smallest absolute Gasteiger partial charge is 0.142 e. The van der Waals surface area contributed by atoms with Crippen LogP contribution in [0.25, 0.3) is 0 Å². The van der Waals surface area contributed by atoms with Crippen LogP contribution in [0.3, 0.4) is 0 Å². The number of hydrogen-bond acceptors (Lipinski definition) is 5. The van der Waals surface area contributed by atoms with Crippen LogP contribution in [0, 0.1) is 6.92 Å². The highest BCUT2D eigenvalue weighted by atomic mass is 16.5. The Morgan fingerprint density at radius 2 is 1.71 bits per heavy atom. The Hall–Kier alpha value is -2.08. The molecular weight excluding hydrogens is 386 g/mol. The maximum atomic E-state index is 9.70. The number of aliphatic hydroxyl groups excluding tert-OH is 1. The van der Waals surface area contributed by atoms with Crippen LogP contribution in [-0.4, -0.2) is 73.4 Å². The third-order valence-corrected chi connectivity index (χ3v) is 7.14. The Bertz CT molecular complexity index is 835. The lowest BCUT2D eigenvalue weighted by Crippen LogP contribution is -2.57. The minimum Gasteiger partial charge on any atom is -0.495 e. The third-order valence-electron chi connectivity index (χ3n) is 7.14. The standard InChI is InChI=1S/C26H37N3O2/c1-21-7-3-4-8-22(21)19-28-16-17-29(20-24(28)13-18-30)23-11-14-27(15-12-23)25-9-5-6-10-26(25)31-2/h3-10,23-24,30H,11-20H2,1-2H3/t24-/m0/s1. The molecule has 31 heavy (non-hydrogen) atoms. The van der Waals surface area contributed by atoms with Crippen LogP contribution in [0.5, 0.6) is 5.75 Å². The Morgan fingerprint density at radius 1 is 0.968 bits per heavy atom. The van der Waals surface area contributed by atoms with Crippen molar-refractivity contribution in [2.45, 2.75) is 44.8 Å². The molecule has 5 heteroatoms. The van der Waals surface area contributed by atoms with Gasteiger partial charge in [0, 0.05) is 58.0 Å². The summed E-state index contributed by atoms with van der Waals surface area (Å²) in [6.07, 6.45) is 3.21. The molecule has 2 saturated heterocycles. The van der Waals surface area contributed by atoms with Crippen LogP contribution in [0.1, 0.15) is 30.4 Å². The van der Waals surface area contributed by atoms with Gasteiger partial charge in [-0.05, 0) is 49.4 Å². The van der Waals surface area contributed by atoms with Gasteiger partial charge in [-0.3, -0.25) is 9.80 Å². The zero-order chi connectivity index (χ0) is 21.6. The molecule has 2 aliphatic heterocycles. The largest absolute Gasteiger partial charge is 0.495 e. The molecule has 2 fully saturated rings. The lowest BCUT2D eigenvalue weighted by Gasteiger charge is -2.47. The fourth-order valence-electron chi connectivity index (χ4n) is 5.25. The molecule has 0 aliphatic carbocycles. The van der Waals surface area contributed by atoms with Gasteiger partial charge in [0.2, 0.25) is 0 Å². The second-order valence-corrected chi connectivity index (χ2v) is 8.95. The first-order chi connectivity index (χ1) is 15.2. The number of ether oxygens (including phenoxy) is 1. The number of para-hydroxylation sites is 2. The molecule has 1 N–H and O–H groups in total. The summed E-state index contributed by atoms with van der Waals surface area (Å²) < 4.78 is 5.57. The minimum absolute atomic E-state index is 0.259. The number of aliphatic hydroxyl groups is 1. The van der Waals surface area contributed by atoms with Crippen molar-refractivity contribution in [2.75, 3.05) is 51.3 Å². The van der Waals surface area contributed by atoms with Gasteiger partial charge in [0.25, 0.3) is 0 Å². The van der Waals surface area contributed by atoms with Gasteiger partial charge in [-0.25, -0.2) is 0 Å². The van der Waals surface area contributed by atoms with E-state index in [4.69, 9.17) is 4.74 Å². The van der Waals surface area contributed by atoms with Crippen molar-refractivity contribution in [3.8, 4) is 5.75 Å². The number of hydrogen-bond donors (Lipinski definition) is 1. The molecule has 0 radical (unpaired) electrons. The summed E-state index contributed by atoms with van der Waals surface area (Å²) in [4.78, 5) is 7.74. The Kier molecular flexibility index (Phi) is 7.49. The van der Waals surface area contributed by atoms with Crippen molar-refractivity contribution >= 4 is 5.69 Å². The predicted octanol–water partition coefficient (Wildman–Crippen LogP) is 3.54. The van der Waals surface area contributed by atoms with E-state index in [1.807, 2.05) is 6.07 Å². The maximum Gasteiger partial charge on any atom is 0.142 e. The molecule has 0 amide bonds. The van der Waals surface area contributed by atoms with Crippen LogP contribution in [-0.2, 0) is 6.54 Å². The van der Waals surface area contributed by atoms with Crippen LogP contribution in [0.15, 0.2) is 48.5 Å². The van der Waals surface area contributed by atoms with Crippen molar-refractivity contribution in [3.63, 3.8) is 0 Å². The van der Waals surface area contributed by atoms with Crippen LogP contribution >= 0.6 is 0 Å². The van der Waals surface area contributed by atoms with E-state index in [1.165, 1.54) is 29.7 Å². The first kappa shape index (κ1) is 22.1. The van der Waals surface area contributed by atoms with Crippen molar-refractivity contribution < 1.29 is 9.84 Å². The summed E-state index contributed by atoms with van der Waals surface area (Å²) in [6.45, 7) is 8.83. The molecule has 0 saturated carbocycles. The summed E-state index contributed by atoms with van der Waals surface area (Å²) in [5.41, 5.74) is 3.98. The van der Waals surface area contributed by atoms with E-state index < -0.39 is 0 Å². The molecule has 0 bridgehead atoms. The first-order valence-corrected chi connectivity index (χ1v) is 11.7. The number of benzene rings is 2. The number of aryl methyl sites for hydroxylation is 1. The van der Waals surface area contributed by atoms with E-state index in [1.54, 1.807) is 7.11 Å². The SMILES string of the molecule is COc1ccccc1N1CCC(N2CCN(Cc3ccccc3C)[C@@H](CCO)C2)CC1. The predicted molar refractivity (Wildman–Crippen MR) is 127 cm³/mol. The highest BCUT2D eigenvalue weighted by Crippen LogP contribution is 2.31. The fourth-order valence-corrected chi connectivity index (χ4v) is 5.25. The highest BCUT2D eigenvalue weighted by molar-refractivity contribution is 5.58. The molecule has 1 atom stereocenters. The van der Waals surface area contributed by atoms with E-state index in [9.17, 15) is 5.11 Å². The lowest BCUT2D eigenvalue weighted by atomic mass is 9.98. The Balaban J connectivity index is 1.35. The molecule has 2 aromatic carbocycles. The van der Waals surface area contributed by atoms with Crippen LogP contribution in [0.4, 0.5) is 5.69 Å². The van der Waals surface area contributed by atoms with Gasteiger partial charge < -0.3 is 14.7 Å². The average Bonchev–Trinajstić information content (AvgIpc) is 2.82. The molecule has 2 aromatic rings. The summed E-state index contributed by atoms with van der Waals surface area (Å²) in [7, 11) is 1.75. The van der Waals surface area contributed by atoms with Gasteiger partial charge in [-0.15, -0.1) is 0 Å². The summed E-state index contributed by atoms with van der Waals surface area (Å²) in [6, 6.07) is 18.1. The lowest BCUT2D eigenvalue weighted by molar-refractivity contribution is 0.0253. The summed E-state index contributed by atoms with van der Waals surface area (Å²) >= 11 is 0. The van der Waals surface area contributed by atoms with Gasteiger partial charge in [0.15, 0.2) is 0 Å². The van der Waals surface area contributed by atoms with Gasteiger partial charge in [-0.1, -0.05) is 36.4 Å². The maximum absolute atomic E-state index is 9.70. The van der Waals surface area contributed by atoms with Crippen molar-refractivity contribution in [3.05, 3.63) is 59.7 Å². The zero-order valence-electron chi connectivity index (χ0n) is 19.0. The second-order valence-electron chi connectivity index (χ2n) is 8.95. The van der Waals surface area contributed by atoms with Gasteiger partial charge in [0.1, 0.15) is 5.75 Å². The molecule has 168 valence electrons. The van der Waals surface area contributed by atoms with E-state index >= 15 is 0 Å². The van der Waals surface area contributed by atoms with Gasteiger partial charge in [0.05, 0.1) is 12.8 Å². The van der Waals surface area contributed by atoms with Crippen molar-refractivity contribution in [2.24, 2.45) is 0 Å². The molecule has 0 aromatic heterocycles. The average molecular weight is 424 g/mol. The molecule has 0 unspecified atom stereocenters. The fraction of sp³-hybridized carbons (Fsp3) is 0.538. The van der Waals surface area contributed by atoms with E-state index in [0.717, 1.165) is 51.4 Å². The monoisotopic (exact) mass is 423 g/mol. The Morgan fingerprint density at radius 3 is 2.45 bits per heavy atom. The van der Waals surface area contributed by atoms with Gasteiger partial charge in [-0.2, -0.15) is 0 Å². The summed E-state index contributed by atoms with van der Waals surface area (Å²) in [5, 5.41) is 9.70. The van der Waals surface area contributed by atoms with Crippen LogP contribution < -0.4 is 9.64 Å². The molecule has 2 heterocycles. The quantitative estimate of drug-likeness (QED) is 0.738. The number of anilines is 1. The molecular formula is C26H37N3O2. The van der Waals surface area contributed by atoms with Crippen molar-refractivity contribution in [1.29, 1.82) is 0 Å². The van der Waals surface area contributed by atoms with E-state index in [0.29, 0.717) is 12.1 Å². The van der Waals surface area contributed by atoms with E-state index in [2.05, 4.69) is 64.1 Å². The number of nitrogens with zero attached hydrogens (tertiary/aromatic N) is 3. The van der Waals surface area contributed by atoms with E-state index in [-0.39, 0.29) is 6.61 Å². The number of methoxy groups -OCH3 is 1. The molecule has 0 spiro atoms. The first-order valence-electron chi connectivity index (χ1n) is 11.7. The third kappa shape index (κ3) is 5.22. The van der Waals surface area contributed by atoms with Crippen LogP contribution in [0.2, 0.25) is 0 Å². The van der Waals surface area contributed by atoms with Crippen molar-refractivity contribution in [1.82, 2.24) is 9.80 Å². The topological polar surface area (TPSA) is 39.2 Å². The normalized spacial score (nSPS) is 21.4. The zero-order valence-corrected chi connectivity index (χ0v) is 19.0. The summed E-state index contributed by atoms with van der Waals surface area (Å²) in [5.74, 6) is 0.966. The second kappa shape index (κ2) is 10.5. The number of rotatable bonds is 7. The minimum atomic E-state index is 0.259. The highest BCUT2D eigenvalue weighted by Gasteiger charge is 2.32. The Labute approximate surface area is 187 Å². The molecule has 2 aliphatic rings. The number of piperidine rings is 1. The molecule has 5 nitrogen and oxygen atoms in total.